The van der Waals surface area contributed by atoms with Crippen molar-refractivity contribution < 1.29 is 4.79 Å². The molecular weight excluding hydrogens is 248 g/mol. The van der Waals surface area contributed by atoms with Gasteiger partial charge in [-0.05, 0) is 43.0 Å². The number of fused-ring (bicyclic) bond motifs is 1. The second kappa shape index (κ2) is 4.67. The third-order valence-corrected chi connectivity index (χ3v) is 4.05. The van der Waals surface area contributed by atoms with Gasteiger partial charge < -0.3 is 11.1 Å². The van der Waals surface area contributed by atoms with Crippen molar-refractivity contribution in [3.05, 3.63) is 65.2 Å². The number of hydrogen-bond acceptors (Lipinski definition) is 2. The summed E-state index contributed by atoms with van der Waals surface area (Å²) in [4.78, 5) is 12.2. The van der Waals surface area contributed by atoms with Crippen molar-refractivity contribution in [2.24, 2.45) is 5.73 Å². The summed E-state index contributed by atoms with van der Waals surface area (Å²) in [5, 5.41) is 3.36. The van der Waals surface area contributed by atoms with E-state index in [0.717, 1.165) is 23.2 Å². The van der Waals surface area contributed by atoms with Crippen LogP contribution in [0.15, 0.2) is 48.5 Å². The van der Waals surface area contributed by atoms with Gasteiger partial charge in [0.25, 0.3) is 0 Å². The summed E-state index contributed by atoms with van der Waals surface area (Å²) in [7, 11) is 0. The molecule has 0 spiro atoms. The molecule has 1 atom stereocenters. The van der Waals surface area contributed by atoms with E-state index in [2.05, 4.69) is 23.5 Å². The van der Waals surface area contributed by atoms with Crippen LogP contribution >= 0.6 is 0 Å². The van der Waals surface area contributed by atoms with E-state index >= 15 is 0 Å². The Labute approximate surface area is 118 Å². The minimum Gasteiger partial charge on any atom is -0.368 e. The Morgan fingerprint density at radius 2 is 1.95 bits per heavy atom. The van der Waals surface area contributed by atoms with Crippen molar-refractivity contribution >= 4 is 11.6 Å². The smallest absolute Gasteiger partial charge is 0.247 e. The molecule has 0 fully saturated rings. The lowest BCUT2D eigenvalue weighted by Gasteiger charge is -2.29. The van der Waals surface area contributed by atoms with Crippen molar-refractivity contribution in [3.8, 4) is 0 Å². The average molecular weight is 266 g/mol. The Kier molecular flexibility index (Phi) is 2.97. The first-order valence-corrected chi connectivity index (χ1v) is 6.85. The number of nitrogens with two attached hydrogens (primary N) is 1. The third-order valence-electron chi connectivity index (χ3n) is 4.05. The zero-order valence-corrected chi connectivity index (χ0v) is 11.5. The molecule has 3 heteroatoms. The number of aryl methyl sites for hydroxylation is 2. The normalized spacial score (nSPS) is 20.4. The van der Waals surface area contributed by atoms with Crippen molar-refractivity contribution in [3.63, 3.8) is 0 Å². The largest absolute Gasteiger partial charge is 0.368 e. The van der Waals surface area contributed by atoms with Gasteiger partial charge in [0.15, 0.2) is 0 Å². The molecule has 1 aliphatic rings. The van der Waals surface area contributed by atoms with E-state index in [1.54, 1.807) is 0 Å². The Bertz CT molecular complexity index is 651. The van der Waals surface area contributed by atoms with Gasteiger partial charge in [0, 0.05) is 5.69 Å². The summed E-state index contributed by atoms with van der Waals surface area (Å²) < 4.78 is 0. The zero-order valence-electron chi connectivity index (χ0n) is 11.5. The zero-order chi connectivity index (χ0) is 14.2. The highest BCUT2D eigenvalue weighted by Crippen LogP contribution is 2.40. The van der Waals surface area contributed by atoms with Crippen LogP contribution in [0, 0.1) is 6.92 Å². The number of amides is 1. The predicted octanol–water partition coefficient (Wildman–Crippen LogP) is 2.73. The number of rotatable bonds is 3. The standard InChI is InChI=1S/C17H18N2O/c1-12-7-8-13-9-10-17(16(18)20,15(13)11-12)19-14-5-3-2-4-6-14/h2-8,11,19H,9-10H2,1H3,(H2,18,20). The number of para-hydroxylation sites is 1. The first-order chi connectivity index (χ1) is 9.62. The van der Waals surface area contributed by atoms with Crippen LogP contribution in [0.1, 0.15) is 23.1 Å². The van der Waals surface area contributed by atoms with Crippen LogP contribution in [0.4, 0.5) is 5.69 Å². The maximum Gasteiger partial charge on any atom is 0.247 e. The summed E-state index contributed by atoms with van der Waals surface area (Å²) in [5.74, 6) is -0.314. The highest BCUT2D eigenvalue weighted by molar-refractivity contribution is 5.91. The SMILES string of the molecule is Cc1ccc2c(c1)C(Nc1ccccc1)(C(N)=O)CC2. The number of carbonyl (C=O) groups excluding carboxylic acids is 1. The molecule has 0 bridgehead atoms. The molecular formula is C17H18N2O. The summed E-state index contributed by atoms with van der Waals surface area (Å²) >= 11 is 0. The van der Waals surface area contributed by atoms with Crippen molar-refractivity contribution in [1.29, 1.82) is 0 Å². The van der Waals surface area contributed by atoms with E-state index in [1.165, 1.54) is 5.56 Å². The van der Waals surface area contributed by atoms with Crippen LogP contribution < -0.4 is 11.1 Å². The van der Waals surface area contributed by atoms with Crippen LogP contribution in [0.3, 0.4) is 0 Å². The Balaban J connectivity index is 2.08. The Morgan fingerprint density at radius 1 is 1.20 bits per heavy atom. The van der Waals surface area contributed by atoms with Crippen molar-refractivity contribution in [2.45, 2.75) is 25.3 Å². The highest BCUT2D eigenvalue weighted by Gasteiger charge is 2.44. The molecule has 1 aliphatic carbocycles. The maximum atomic E-state index is 12.2. The molecule has 102 valence electrons. The molecule has 2 aromatic rings. The maximum absolute atomic E-state index is 12.2. The van der Waals surface area contributed by atoms with Gasteiger partial charge >= 0.3 is 0 Å². The molecule has 1 unspecified atom stereocenters. The molecule has 0 aromatic heterocycles. The lowest BCUT2D eigenvalue weighted by molar-refractivity contribution is -0.122. The Hall–Kier alpha value is -2.29. The fourth-order valence-electron chi connectivity index (χ4n) is 2.98. The van der Waals surface area contributed by atoms with Gasteiger partial charge in [0.1, 0.15) is 5.54 Å². The van der Waals surface area contributed by atoms with Crippen molar-refractivity contribution in [1.82, 2.24) is 0 Å². The number of nitrogens with one attached hydrogen (secondary N) is 1. The molecule has 0 aliphatic heterocycles. The van der Waals surface area contributed by atoms with E-state index in [-0.39, 0.29) is 5.91 Å². The van der Waals surface area contributed by atoms with E-state index in [1.807, 2.05) is 37.3 Å². The minimum absolute atomic E-state index is 0.314. The minimum atomic E-state index is -0.789. The van der Waals surface area contributed by atoms with E-state index in [9.17, 15) is 4.79 Å². The molecule has 0 saturated heterocycles. The van der Waals surface area contributed by atoms with Gasteiger partial charge in [-0.15, -0.1) is 0 Å². The molecule has 0 heterocycles. The quantitative estimate of drug-likeness (QED) is 0.897. The van der Waals surface area contributed by atoms with E-state index in [0.29, 0.717) is 6.42 Å². The highest BCUT2D eigenvalue weighted by atomic mass is 16.1. The first kappa shape index (κ1) is 12.7. The second-order valence-electron chi connectivity index (χ2n) is 5.42. The van der Waals surface area contributed by atoms with Gasteiger partial charge in [-0.25, -0.2) is 0 Å². The lowest BCUT2D eigenvalue weighted by Crippen LogP contribution is -2.46. The topological polar surface area (TPSA) is 55.1 Å². The molecule has 1 amide bonds. The molecule has 3 N–H and O–H groups in total. The van der Waals surface area contributed by atoms with E-state index in [4.69, 9.17) is 5.73 Å². The van der Waals surface area contributed by atoms with Crippen LogP contribution in [-0.2, 0) is 16.8 Å². The average Bonchev–Trinajstić information content (AvgIpc) is 2.80. The molecule has 2 aromatic carbocycles. The molecule has 20 heavy (non-hydrogen) atoms. The first-order valence-electron chi connectivity index (χ1n) is 6.85. The molecule has 0 radical (unpaired) electrons. The van der Waals surface area contributed by atoms with E-state index < -0.39 is 5.54 Å². The fraction of sp³-hybridized carbons (Fsp3) is 0.235. The number of carbonyl (C=O) groups is 1. The number of primary amides is 1. The van der Waals surface area contributed by atoms with Gasteiger partial charge in [0.2, 0.25) is 5.91 Å². The number of benzene rings is 2. The monoisotopic (exact) mass is 266 g/mol. The summed E-state index contributed by atoms with van der Waals surface area (Å²) in [6, 6.07) is 16.0. The van der Waals surface area contributed by atoms with Gasteiger partial charge in [-0.2, -0.15) is 0 Å². The third kappa shape index (κ3) is 1.95. The predicted molar refractivity (Wildman–Crippen MR) is 80.4 cm³/mol. The lowest BCUT2D eigenvalue weighted by atomic mass is 9.89. The summed E-state index contributed by atoms with van der Waals surface area (Å²) in [6.45, 7) is 2.03. The summed E-state index contributed by atoms with van der Waals surface area (Å²) in [6.07, 6.45) is 1.58. The van der Waals surface area contributed by atoms with Crippen molar-refractivity contribution in [2.75, 3.05) is 5.32 Å². The van der Waals surface area contributed by atoms with Gasteiger partial charge in [0.05, 0.1) is 0 Å². The van der Waals surface area contributed by atoms with Crippen LogP contribution in [-0.4, -0.2) is 5.91 Å². The molecule has 3 nitrogen and oxygen atoms in total. The molecule has 3 rings (SSSR count). The van der Waals surface area contributed by atoms with Gasteiger partial charge in [-0.1, -0.05) is 42.0 Å². The van der Waals surface area contributed by atoms with Gasteiger partial charge in [-0.3, -0.25) is 4.79 Å². The van der Waals surface area contributed by atoms with Crippen LogP contribution in [0.2, 0.25) is 0 Å². The summed E-state index contributed by atoms with van der Waals surface area (Å²) in [5.41, 5.74) is 9.25. The Morgan fingerprint density at radius 3 is 2.65 bits per heavy atom. The number of hydrogen-bond donors (Lipinski definition) is 2. The fourth-order valence-corrected chi connectivity index (χ4v) is 2.98. The second-order valence-corrected chi connectivity index (χ2v) is 5.42. The van der Waals surface area contributed by atoms with Crippen LogP contribution in [0.5, 0.6) is 0 Å². The molecule has 0 saturated carbocycles. The van der Waals surface area contributed by atoms with Crippen LogP contribution in [0.25, 0.3) is 0 Å². The number of anilines is 1.